The molecule has 0 aromatic heterocycles. The number of nitrogens with one attached hydrogen (secondary N) is 1. The molecule has 0 radical (unpaired) electrons. The molecule has 3 aliphatic heterocycles. The van der Waals surface area contributed by atoms with Gasteiger partial charge in [0, 0.05) is 30.7 Å². The normalized spacial score (nSPS) is 37.7. The van der Waals surface area contributed by atoms with Crippen LogP contribution in [-0.2, 0) is 14.2 Å². The van der Waals surface area contributed by atoms with Crippen molar-refractivity contribution in [2.45, 2.75) is 43.4 Å². The van der Waals surface area contributed by atoms with Gasteiger partial charge in [0.15, 0.2) is 12.5 Å². The SMILES string of the molecule is NCC1O[C@@H](OCC2=CN([C@H]3CC=C(CO)O3)C(=O)NC2N)C(O)C(O)[C@H]1CO. The maximum absolute atomic E-state index is 12.2. The van der Waals surface area contributed by atoms with Crippen molar-refractivity contribution in [2.75, 3.05) is 26.4 Å². The number of amides is 2. The first-order valence-electron chi connectivity index (χ1n) is 9.35. The molecule has 0 aliphatic carbocycles. The lowest BCUT2D eigenvalue weighted by atomic mass is 9.89. The molecule has 0 spiro atoms. The summed E-state index contributed by atoms with van der Waals surface area (Å²) in [4.78, 5) is 13.5. The number of ether oxygens (including phenoxy) is 3. The summed E-state index contributed by atoms with van der Waals surface area (Å²) in [7, 11) is 0. The van der Waals surface area contributed by atoms with Crippen LogP contribution < -0.4 is 16.8 Å². The van der Waals surface area contributed by atoms with Gasteiger partial charge >= 0.3 is 6.03 Å². The van der Waals surface area contributed by atoms with Crippen molar-refractivity contribution in [1.29, 1.82) is 0 Å². The van der Waals surface area contributed by atoms with Crippen LogP contribution in [0.2, 0.25) is 0 Å². The van der Waals surface area contributed by atoms with Crippen molar-refractivity contribution in [2.24, 2.45) is 17.4 Å². The molecule has 29 heavy (non-hydrogen) atoms. The van der Waals surface area contributed by atoms with E-state index in [1.807, 2.05) is 0 Å². The summed E-state index contributed by atoms with van der Waals surface area (Å²) in [6, 6.07) is -0.461. The van der Waals surface area contributed by atoms with E-state index < -0.39 is 55.6 Å². The predicted octanol–water partition coefficient (Wildman–Crippen LogP) is -3.17. The molecule has 3 aliphatic rings. The summed E-state index contributed by atoms with van der Waals surface area (Å²) in [5.74, 6) is -0.351. The highest BCUT2D eigenvalue weighted by molar-refractivity contribution is 5.77. The fraction of sp³-hybridized carbons (Fsp3) is 0.706. The Kier molecular flexibility index (Phi) is 7.08. The summed E-state index contributed by atoms with van der Waals surface area (Å²) < 4.78 is 16.7. The minimum atomic E-state index is -1.39. The van der Waals surface area contributed by atoms with Crippen LogP contribution in [0.15, 0.2) is 23.6 Å². The fourth-order valence-corrected chi connectivity index (χ4v) is 3.49. The van der Waals surface area contributed by atoms with E-state index in [9.17, 15) is 20.1 Å². The van der Waals surface area contributed by atoms with Crippen LogP contribution in [0, 0.1) is 5.92 Å². The lowest BCUT2D eigenvalue weighted by Gasteiger charge is -2.42. The summed E-state index contributed by atoms with van der Waals surface area (Å²) in [5.41, 5.74) is 12.0. The average Bonchev–Trinajstić information content (AvgIpc) is 3.19. The first kappa shape index (κ1) is 21.9. The lowest BCUT2D eigenvalue weighted by molar-refractivity contribution is -0.284. The van der Waals surface area contributed by atoms with E-state index in [0.29, 0.717) is 17.8 Å². The molecule has 0 bridgehead atoms. The molecule has 3 rings (SSSR count). The third kappa shape index (κ3) is 4.54. The summed E-state index contributed by atoms with van der Waals surface area (Å²) >= 11 is 0. The van der Waals surface area contributed by atoms with Gasteiger partial charge in [0.25, 0.3) is 0 Å². The van der Waals surface area contributed by atoms with Gasteiger partial charge in [0.2, 0.25) is 0 Å². The Morgan fingerprint density at radius 3 is 2.69 bits per heavy atom. The summed E-state index contributed by atoms with van der Waals surface area (Å²) in [6.07, 6.45) is -2.41. The third-order valence-corrected chi connectivity index (χ3v) is 5.23. The first-order valence-corrected chi connectivity index (χ1v) is 9.35. The molecule has 1 saturated heterocycles. The highest BCUT2D eigenvalue weighted by Gasteiger charge is 2.44. The number of nitrogens with two attached hydrogens (primary N) is 2. The maximum atomic E-state index is 12.2. The van der Waals surface area contributed by atoms with E-state index in [-0.39, 0.29) is 19.8 Å². The van der Waals surface area contributed by atoms with Gasteiger partial charge in [-0.05, 0) is 6.08 Å². The van der Waals surface area contributed by atoms with Crippen molar-refractivity contribution in [3.05, 3.63) is 23.6 Å². The van der Waals surface area contributed by atoms with Gasteiger partial charge in [-0.15, -0.1) is 0 Å². The zero-order valence-corrected chi connectivity index (χ0v) is 15.8. The van der Waals surface area contributed by atoms with E-state index in [1.165, 1.54) is 11.1 Å². The molecule has 4 unspecified atom stereocenters. The van der Waals surface area contributed by atoms with Crippen LogP contribution in [0.25, 0.3) is 0 Å². The third-order valence-electron chi connectivity index (χ3n) is 5.23. The first-order chi connectivity index (χ1) is 13.9. The smallest absolute Gasteiger partial charge is 0.325 e. The summed E-state index contributed by atoms with van der Waals surface area (Å²) in [6.45, 7) is -0.739. The van der Waals surface area contributed by atoms with Crippen molar-refractivity contribution in [3.8, 4) is 0 Å². The average molecular weight is 416 g/mol. The van der Waals surface area contributed by atoms with Gasteiger partial charge in [0.1, 0.15) is 24.6 Å². The second-order valence-electron chi connectivity index (χ2n) is 7.09. The zero-order chi connectivity index (χ0) is 21.1. The number of hydrogen-bond donors (Lipinski definition) is 7. The molecule has 0 saturated carbocycles. The second-order valence-corrected chi connectivity index (χ2v) is 7.09. The Bertz CT molecular complexity index is 657. The van der Waals surface area contributed by atoms with E-state index in [4.69, 9.17) is 30.8 Å². The Labute approximate surface area is 167 Å². The molecule has 3 heterocycles. The number of urea groups is 1. The molecule has 0 aromatic rings. The molecular weight excluding hydrogens is 388 g/mol. The van der Waals surface area contributed by atoms with Gasteiger partial charge in [-0.2, -0.15) is 0 Å². The van der Waals surface area contributed by atoms with Crippen molar-refractivity contribution < 1.29 is 39.4 Å². The fourth-order valence-electron chi connectivity index (χ4n) is 3.49. The summed E-state index contributed by atoms with van der Waals surface area (Å²) in [5, 5.41) is 41.5. The van der Waals surface area contributed by atoms with Crippen LogP contribution in [0.3, 0.4) is 0 Å². The minimum absolute atomic E-state index is 0.0279. The Balaban J connectivity index is 1.65. The highest BCUT2D eigenvalue weighted by atomic mass is 16.7. The van der Waals surface area contributed by atoms with Gasteiger partial charge in [0.05, 0.1) is 25.4 Å². The van der Waals surface area contributed by atoms with Gasteiger partial charge in [-0.1, -0.05) is 0 Å². The number of carbonyl (C=O) groups is 1. The predicted molar refractivity (Wildman–Crippen MR) is 97.3 cm³/mol. The number of rotatable bonds is 7. The molecular formula is C17H28N4O8. The monoisotopic (exact) mass is 416 g/mol. The van der Waals surface area contributed by atoms with Crippen molar-refractivity contribution in [3.63, 3.8) is 0 Å². The van der Waals surface area contributed by atoms with E-state index in [1.54, 1.807) is 6.08 Å². The lowest BCUT2D eigenvalue weighted by Crippen LogP contribution is -2.59. The molecule has 164 valence electrons. The molecule has 1 fully saturated rings. The molecule has 9 N–H and O–H groups in total. The minimum Gasteiger partial charge on any atom is -0.472 e. The van der Waals surface area contributed by atoms with Crippen molar-refractivity contribution >= 4 is 6.03 Å². The molecule has 12 nitrogen and oxygen atoms in total. The van der Waals surface area contributed by atoms with Gasteiger partial charge in [-0.3, -0.25) is 4.90 Å². The van der Waals surface area contributed by atoms with Crippen molar-refractivity contribution in [1.82, 2.24) is 10.2 Å². The number of aliphatic hydroxyl groups excluding tert-OH is 4. The van der Waals surface area contributed by atoms with Crippen LogP contribution >= 0.6 is 0 Å². The second kappa shape index (κ2) is 9.36. The van der Waals surface area contributed by atoms with Gasteiger partial charge < -0.3 is 51.4 Å². The maximum Gasteiger partial charge on any atom is 0.325 e. The standard InChI is InChI=1S/C17H28N4O8/c18-3-11-10(6-23)13(24)14(25)16(29-11)27-7-8-4-21(17(26)20-15(8)19)12-2-1-9(5-22)28-12/h1,4,10-16,22-25H,2-3,5-7,18-19H2,(H,20,26)/t10-,11?,12+,13?,14?,15?,16+/m0/s1. The van der Waals surface area contributed by atoms with Crippen LogP contribution in [0.4, 0.5) is 4.79 Å². The van der Waals surface area contributed by atoms with Gasteiger partial charge in [-0.25, -0.2) is 4.79 Å². The Morgan fingerprint density at radius 2 is 2.07 bits per heavy atom. The van der Waals surface area contributed by atoms with Crippen LogP contribution in [-0.4, -0.2) is 94.7 Å². The topological polar surface area (TPSA) is 193 Å². The number of aliphatic hydroxyl groups is 4. The van der Waals surface area contributed by atoms with E-state index in [0.717, 1.165) is 0 Å². The number of hydrogen-bond acceptors (Lipinski definition) is 10. The van der Waals surface area contributed by atoms with Crippen LogP contribution in [0.5, 0.6) is 0 Å². The van der Waals surface area contributed by atoms with E-state index >= 15 is 0 Å². The quantitative estimate of drug-likeness (QED) is 0.223. The Hall–Kier alpha value is -1.77. The largest absolute Gasteiger partial charge is 0.472 e. The molecule has 12 heteroatoms. The number of carbonyl (C=O) groups excluding carboxylic acids is 1. The van der Waals surface area contributed by atoms with E-state index in [2.05, 4.69) is 5.32 Å². The Morgan fingerprint density at radius 1 is 1.31 bits per heavy atom. The number of nitrogens with zero attached hydrogens (tertiary/aromatic N) is 1. The molecule has 7 atom stereocenters. The molecule has 0 aromatic carbocycles. The van der Waals surface area contributed by atoms with Crippen LogP contribution in [0.1, 0.15) is 6.42 Å². The molecule has 2 amide bonds. The zero-order valence-electron chi connectivity index (χ0n) is 15.8. The highest BCUT2D eigenvalue weighted by Crippen LogP contribution is 2.28.